The zero-order valence-electron chi connectivity index (χ0n) is 12.2. The number of nitrogens with zero attached hydrogens (tertiary/aromatic N) is 3. The van der Waals surface area contributed by atoms with E-state index in [0.717, 1.165) is 17.8 Å². The molecule has 0 unspecified atom stereocenters. The van der Waals surface area contributed by atoms with Crippen molar-refractivity contribution in [3.63, 3.8) is 0 Å². The van der Waals surface area contributed by atoms with Crippen LogP contribution < -0.4 is 9.46 Å². The van der Waals surface area contributed by atoms with Crippen LogP contribution in [0.2, 0.25) is 0 Å². The molecule has 0 aliphatic carbocycles. The average molecular weight is 366 g/mol. The van der Waals surface area contributed by atoms with Gasteiger partial charge in [0.2, 0.25) is 0 Å². The first-order valence-electron chi connectivity index (χ1n) is 6.49. The lowest BCUT2D eigenvalue weighted by molar-refractivity contribution is -0.384. The first-order chi connectivity index (χ1) is 11.4. The molecule has 1 heterocycles. The van der Waals surface area contributed by atoms with Gasteiger partial charge in [-0.2, -0.15) is 8.75 Å². The molecule has 2 aromatic carbocycles. The van der Waals surface area contributed by atoms with E-state index in [4.69, 9.17) is 4.74 Å². The van der Waals surface area contributed by atoms with Crippen LogP contribution in [0.1, 0.15) is 0 Å². The van der Waals surface area contributed by atoms with Gasteiger partial charge in [0.25, 0.3) is 15.7 Å². The molecule has 0 saturated heterocycles. The Kier molecular flexibility index (Phi) is 4.03. The summed E-state index contributed by atoms with van der Waals surface area (Å²) in [4.78, 5) is 10.2. The van der Waals surface area contributed by atoms with Gasteiger partial charge >= 0.3 is 0 Å². The number of rotatable bonds is 5. The Labute approximate surface area is 140 Å². The Morgan fingerprint density at radius 1 is 1.25 bits per heavy atom. The van der Waals surface area contributed by atoms with Gasteiger partial charge in [-0.3, -0.25) is 14.8 Å². The molecule has 11 heteroatoms. The first kappa shape index (κ1) is 16.1. The molecule has 3 aromatic rings. The third-order valence-corrected chi connectivity index (χ3v) is 5.12. The SMILES string of the molecule is COc1cc([N+](=O)[O-])ccc1NS(=O)(=O)c1cccc2nsnc12. The Balaban J connectivity index is 2.04. The number of nitro groups is 1. The van der Waals surface area contributed by atoms with E-state index < -0.39 is 14.9 Å². The molecule has 124 valence electrons. The second-order valence-electron chi connectivity index (χ2n) is 4.64. The number of hydrogen-bond acceptors (Lipinski definition) is 8. The van der Waals surface area contributed by atoms with Crippen molar-refractivity contribution in [2.45, 2.75) is 4.90 Å². The molecular formula is C13H10N4O5S2. The van der Waals surface area contributed by atoms with Crippen LogP contribution >= 0.6 is 11.7 Å². The Bertz CT molecular complexity index is 1030. The van der Waals surface area contributed by atoms with Crippen LogP contribution in [0.5, 0.6) is 5.75 Å². The van der Waals surface area contributed by atoms with Crippen molar-refractivity contribution in [3.05, 3.63) is 46.5 Å². The molecule has 0 spiro atoms. The maximum Gasteiger partial charge on any atom is 0.273 e. The maximum absolute atomic E-state index is 12.6. The van der Waals surface area contributed by atoms with E-state index in [0.29, 0.717) is 5.52 Å². The van der Waals surface area contributed by atoms with Gasteiger partial charge in [-0.25, -0.2) is 8.42 Å². The van der Waals surface area contributed by atoms with E-state index in [2.05, 4.69) is 13.5 Å². The van der Waals surface area contributed by atoms with Gasteiger partial charge in [0.1, 0.15) is 21.7 Å². The van der Waals surface area contributed by atoms with E-state index in [-0.39, 0.29) is 27.5 Å². The molecule has 0 aliphatic heterocycles. The van der Waals surface area contributed by atoms with E-state index in [9.17, 15) is 18.5 Å². The Morgan fingerprint density at radius 3 is 2.75 bits per heavy atom. The molecule has 1 aromatic heterocycles. The van der Waals surface area contributed by atoms with Gasteiger partial charge in [-0.15, -0.1) is 0 Å². The molecule has 24 heavy (non-hydrogen) atoms. The van der Waals surface area contributed by atoms with Crippen molar-refractivity contribution >= 4 is 44.2 Å². The molecule has 0 fully saturated rings. The number of non-ortho nitro benzene ring substituents is 1. The molecule has 0 atom stereocenters. The van der Waals surface area contributed by atoms with Gasteiger partial charge < -0.3 is 4.74 Å². The number of ether oxygens (including phenoxy) is 1. The van der Waals surface area contributed by atoms with E-state index in [1.165, 1.54) is 25.3 Å². The lowest BCUT2D eigenvalue weighted by Gasteiger charge is -2.11. The summed E-state index contributed by atoms with van der Waals surface area (Å²) in [6, 6.07) is 8.22. The zero-order chi connectivity index (χ0) is 17.3. The first-order valence-corrected chi connectivity index (χ1v) is 8.70. The van der Waals surface area contributed by atoms with Gasteiger partial charge in [-0.1, -0.05) is 6.07 Å². The molecule has 0 amide bonds. The number of fused-ring (bicyclic) bond motifs is 1. The molecule has 0 aliphatic rings. The summed E-state index contributed by atoms with van der Waals surface area (Å²) in [5.41, 5.74) is 0.610. The molecule has 1 N–H and O–H groups in total. The molecule has 0 radical (unpaired) electrons. The number of benzene rings is 2. The van der Waals surface area contributed by atoms with Gasteiger partial charge in [0.05, 0.1) is 35.5 Å². The molecular weight excluding hydrogens is 356 g/mol. The number of hydrogen-bond donors (Lipinski definition) is 1. The molecule has 9 nitrogen and oxygen atoms in total. The lowest BCUT2D eigenvalue weighted by atomic mass is 10.2. The Morgan fingerprint density at radius 2 is 2.04 bits per heavy atom. The molecule has 0 bridgehead atoms. The predicted octanol–water partition coefficient (Wildman–Crippen LogP) is 2.41. The van der Waals surface area contributed by atoms with Gasteiger partial charge in [-0.05, 0) is 18.2 Å². The molecule has 3 rings (SSSR count). The number of aromatic nitrogens is 2. The standard InChI is InChI=1S/C13H10N4O5S2/c1-22-11-7-8(17(18)19)5-6-9(11)16-24(20,21)12-4-2-3-10-13(12)15-23-14-10/h2-7,16H,1H3. The minimum absolute atomic E-state index is 0.0332. The number of methoxy groups -OCH3 is 1. The van der Waals surface area contributed by atoms with Crippen molar-refractivity contribution in [1.82, 2.24) is 8.75 Å². The minimum Gasteiger partial charge on any atom is -0.494 e. The highest BCUT2D eigenvalue weighted by molar-refractivity contribution is 7.93. The smallest absolute Gasteiger partial charge is 0.273 e. The number of nitro benzene ring substituents is 1. The fraction of sp³-hybridized carbons (Fsp3) is 0.0769. The number of nitrogens with one attached hydrogen (secondary N) is 1. The van der Waals surface area contributed by atoms with E-state index in [1.54, 1.807) is 12.1 Å². The highest BCUT2D eigenvalue weighted by Crippen LogP contribution is 2.31. The summed E-state index contributed by atoms with van der Waals surface area (Å²) in [6.45, 7) is 0. The fourth-order valence-corrected chi connectivity index (χ4v) is 3.91. The van der Waals surface area contributed by atoms with Crippen molar-refractivity contribution in [2.24, 2.45) is 0 Å². The van der Waals surface area contributed by atoms with Crippen molar-refractivity contribution in [1.29, 1.82) is 0 Å². The van der Waals surface area contributed by atoms with E-state index >= 15 is 0 Å². The summed E-state index contributed by atoms with van der Waals surface area (Å²) in [7, 11) is -2.68. The quantitative estimate of drug-likeness (QED) is 0.543. The molecule has 0 saturated carbocycles. The minimum atomic E-state index is -3.97. The van der Waals surface area contributed by atoms with Crippen LogP contribution in [0, 0.1) is 10.1 Å². The van der Waals surface area contributed by atoms with E-state index in [1.807, 2.05) is 0 Å². The van der Waals surface area contributed by atoms with Crippen molar-refractivity contribution in [2.75, 3.05) is 11.8 Å². The van der Waals surface area contributed by atoms with Crippen LogP contribution in [0.25, 0.3) is 11.0 Å². The number of anilines is 1. The third kappa shape index (κ3) is 2.86. The van der Waals surface area contributed by atoms with Gasteiger partial charge in [0, 0.05) is 6.07 Å². The van der Waals surface area contributed by atoms with Crippen LogP contribution in [0.4, 0.5) is 11.4 Å². The monoisotopic (exact) mass is 366 g/mol. The summed E-state index contributed by atoms with van der Waals surface area (Å²) in [5, 5.41) is 10.8. The normalized spacial score (nSPS) is 11.4. The second kappa shape index (κ2) is 6.02. The average Bonchev–Trinajstić information content (AvgIpc) is 3.03. The van der Waals surface area contributed by atoms with Crippen molar-refractivity contribution in [3.8, 4) is 5.75 Å². The summed E-state index contributed by atoms with van der Waals surface area (Å²) in [6.07, 6.45) is 0. The zero-order valence-corrected chi connectivity index (χ0v) is 13.8. The highest BCUT2D eigenvalue weighted by Gasteiger charge is 2.22. The predicted molar refractivity (Wildman–Crippen MR) is 87.9 cm³/mol. The van der Waals surface area contributed by atoms with Gasteiger partial charge in [0.15, 0.2) is 0 Å². The van der Waals surface area contributed by atoms with Crippen LogP contribution in [0.15, 0.2) is 41.3 Å². The summed E-state index contributed by atoms with van der Waals surface area (Å²) < 4.78 is 40.7. The van der Waals surface area contributed by atoms with Crippen LogP contribution in [-0.4, -0.2) is 29.2 Å². The lowest BCUT2D eigenvalue weighted by Crippen LogP contribution is -2.14. The highest BCUT2D eigenvalue weighted by atomic mass is 32.2. The summed E-state index contributed by atoms with van der Waals surface area (Å²) in [5.74, 6) is 0.0383. The summed E-state index contributed by atoms with van der Waals surface area (Å²) >= 11 is 0.910. The number of sulfonamides is 1. The van der Waals surface area contributed by atoms with Crippen LogP contribution in [-0.2, 0) is 10.0 Å². The maximum atomic E-state index is 12.6. The van der Waals surface area contributed by atoms with Crippen molar-refractivity contribution < 1.29 is 18.1 Å². The second-order valence-corrected chi connectivity index (χ2v) is 6.81. The largest absolute Gasteiger partial charge is 0.494 e. The van der Waals surface area contributed by atoms with Crippen LogP contribution in [0.3, 0.4) is 0 Å². The Hall–Kier alpha value is -2.79. The topological polar surface area (TPSA) is 124 Å². The third-order valence-electron chi connectivity index (χ3n) is 3.18. The fourth-order valence-electron chi connectivity index (χ4n) is 2.08.